The van der Waals surface area contributed by atoms with E-state index in [0.717, 1.165) is 37.0 Å². The fourth-order valence-electron chi connectivity index (χ4n) is 3.44. The van der Waals surface area contributed by atoms with Gasteiger partial charge in [0.05, 0.1) is 23.0 Å². The van der Waals surface area contributed by atoms with Gasteiger partial charge in [0, 0.05) is 4.83 Å². The van der Waals surface area contributed by atoms with Crippen LogP contribution < -0.4 is 9.47 Å². The van der Waals surface area contributed by atoms with Crippen molar-refractivity contribution >= 4 is 31.8 Å². The maximum Gasteiger partial charge on any atom is 0.206 e. The SMILES string of the molecule is C=Cc1ccc(OCCCCCCOc2ccc(S(=O)(=O)C3=CC(C)C(Br)C=C3)cc2)cc1. The summed E-state index contributed by atoms with van der Waals surface area (Å²) >= 11 is 3.52. The first-order valence-electron chi connectivity index (χ1n) is 11.3. The third-order valence-corrected chi connectivity index (χ3v) is 8.43. The quantitative estimate of drug-likeness (QED) is 0.219. The van der Waals surface area contributed by atoms with Crippen LogP contribution in [0.15, 0.2) is 83.1 Å². The standard InChI is InChI=1S/C27H31BrO4S/c1-3-22-8-10-23(11-9-22)31-18-6-4-5-7-19-32-24-12-14-25(15-13-24)33(29,30)26-16-17-27(28)21(2)20-26/h3,8-17,20-21,27H,1,4-7,18-19H2,2H3. The molecule has 0 spiro atoms. The highest BCUT2D eigenvalue weighted by molar-refractivity contribution is 9.09. The molecule has 0 N–H and O–H groups in total. The third kappa shape index (κ3) is 7.34. The summed E-state index contributed by atoms with van der Waals surface area (Å²) in [5, 5.41) is 0. The van der Waals surface area contributed by atoms with Gasteiger partial charge in [0.1, 0.15) is 11.5 Å². The summed E-state index contributed by atoms with van der Waals surface area (Å²) in [6, 6.07) is 14.6. The van der Waals surface area contributed by atoms with Gasteiger partial charge in [-0.15, -0.1) is 0 Å². The third-order valence-electron chi connectivity index (χ3n) is 5.51. The van der Waals surface area contributed by atoms with Crippen molar-refractivity contribution in [1.29, 1.82) is 0 Å². The van der Waals surface area contributed by atoms with Crippen LogP contribution in [0, 0.1) is 5.92 Å². The number of rotatable bonds is 12. The molecule has 0 aromatic heterocycles. The highest BCUT2D eigenvalue weighted by Crippen LogP contribution is 2.30. The molecule has 0 fully saturated rings. The molecule has 1 aliphatic rings. The summed E-state index contributed by atoms with van der Waals surface area (Å²) in [6.07, 6.45) is 11.2. The van der Waals surface area contributed by atoms with E-state index in [1.165, 1.54) is 0 Å². The average molecular weight is 532 g/mol. The zero-order valence-corrected chi connectivity index (χ0v) is 21.4. The number of benzene rings is 2. The molecule has 0 aliphatic heterocycles. The Morgan fingerprint density at radius 1 is 0.909 bits per heavy atom. The van der Waals surface area contributed by atoms with Crippen molar-refractivity contribution in [3.63, 3.8) is 0 Å². The van der Waals surface area contributed by atoms with Gasteiger partial charge >= 0.3 is 0 Å². The normalized spacial score (nSPS) is 17.9. The molecule has 0 saturated carbocycles. The number of hydrogen-bond donors (Lipinski definition) is 0. The summed E-state index contributed by atoms with van der Waals surface area (Å²) < 4.78 is 37.3. The van der Waals surface area contributed by atoms with Crippen LogP contribution in [-0.2, 0) is 9.84 Å². The highest BCUT2D eigenvalue weighted by Gasteiger charge is 2.24. The van der Waals surface area contributed by atoms with E-state index in [-0.39, 0.29) is 15.6 Å². The molecule has 0 heterocycles. The van der Waals surface area contributed by atoms with Crippen molar-refractivity contribution in [2.75, 3.05) is 13.2 Å². The molecule has 0 amide bonds. The van der Waals surface area contributed by atoms with Gasteiger partial charge in [0.2, 0.25) is 9.84 Å². The molecule has 0 saturated heterocycles. The second-order valence-corrected chi connectivity index (χ2v) is 11.1. The predicted octanol–water partition coefficient (Wildman–Crippen LogP) is 6.97. The van der Waals surface area contributed by atoms with E-state index in [9.17, 15) is 8.42 Å². The molecule has 3 rings (SSSR count). The van der Waals surface area contributed by atoms with Crippen LogP contribution in [0.3, 0.4) is 0 Å². The molecule has 2 unspecified atom stereocenters. The average Bonchev–Trinajstić information content (AvgIpc) is 2.83. The summed E-state index contributed by atoms with van der Waals surface area (Å²) in [4.78, 5) is 0.789. The first kappa shape index (κ1) is 25.3. The molecular weight excluding hydrogens is 500 g/mol. The van der Waals surface area contributed by atoms with Gasteiger partial charge in [-0.25, -0.2) is 8.42 Å². The van der Waals surface area contributed by atoms with Crippen molar-refractivity contribution in [1.82, 2.24) is 0 Å². The lowest BCUT2D eigenvalue weighted by Crippen LogP contribution is -2.14. The molecular formula is C27H31BrO4S. The smallest absolute Gasteiger partial charge is 0.206 e. The molecule has 6 heteroatoms. The van der Waals surface area contributed by atoms with E-state index in [1.54, 1.807) is 36.4 Å². The fourth-order valence-corrected chi connectivity index (χ4v) is 5.16. The van der Waals surface area contributed by atoms with Gasteiger partial charge in [-0.2, -0.15) is 0 Å². The van der Waals surface area contributed by atoms with Crippen LogP contribution in [0.1, 0.15) is 38.2 Å². The maximum absolute atomic E-state index is 12.9. The van der Waals surface area contributed by atoms with Gasteiger partial charge in [-0.1, -0.05) is 59.8 Å². The molecule has 33 heavy (non-hydrogen) atoms. The lowest BCUT2D eigenvalue weighted by atomic mass is 10.0. The summed E-state index contributed by atoms with van der Waals surface area (Å²) in [5.74, 6) is 1.69. The van der Waals surface area contributed by atoms with E-state index < -0.39 is 9.84 Å². The van der Waals surface area contributed by atoms with Gasteiger partial charge < -0.3 is 9.47 Å². The number of hydrogen-bond acceptors (Lipinski definition) is 4. The summed E-state index contributed by atoms with van der Waals surface area (Å²) in [6.45, 7) is 7.04. The molecule has 0 bridgehead atoms. The lowest BCUT2D eigenvalue weighted by molar-refractivity contribution is 0.287. The van der Waals surface area contributed by atoms with Crippen molar-refractivity contribution in [2.24, 2.45) is 5.92 Å². The molecule has 1 aliphatic carbocycles. The minimum absolute atomic E-state index is 0.123. The van der Waals surface area contributed by atoms with Crippen LogP contribution in [0.4, 0.5) is 0 Å². The second-order valence-electron chi connectivity index (χ2n) is 8.09. The van der Waals surface area contributed by atoms with E-state index >= 15 is 0 Å². The van der Waals surface area contributed by atoms with Crippen molar-refractivity contribution in [3.8, 4) is 11.5 Å². The van der Waals surface area contributed by atoms with Crippen molar-refractivity contribution < 1.29 is 17.9 Å². The topological polar surface area (TPSA) is 52.6 Å². The monoisotopic (exact) mass is 530 g/mol. The van der Waals surface area contributed by atoms with Gasteiger partial charge in [-0.3, -0.25) is 0 Å². The number of unbranched alkanes of at least 4 members (excludes halogenated alkanes) is 3. The zero-order chi connectivity index (χ0) is 23.7. The van der Waals surface area contributed by atoms with Crippen molar-refractivity contribution in [2.45, 2.75) is 42.3 Å². The van der Waals surface area contributed by atoms with Crippen LogP contribution in [0.5, 0.6) is 11.5 Å². The van der Waals surface area contributed by atoms with Crippen LogP contribution in [0.2, 0.25) is 0 Å². The van der Waals surface area contributed by atoms with Crippen molar-refractivity contribution in [3.05, 3.63) is 83.8 Å². The Labute approximate surface area is 206 Å². The Bertz CT molecular complexity index is 1070. The van der Waals surface area contributed by atoms with Gasteiger partial charge in [-0.05, 0) is 79.6 Å². The molecule has 2 aromatic carbocycles. The minimum atomic E-state index is -3.52. The second kappa shape index (κ2) is 12.2. The van der Waals surface area contributed by atoms with Crippen LogP contribution in [-0.4, -0.2) is 26.5 Å². The lowest BCUT2D eigenvalue weighted by Gasteiger charge is -2.18. The first-order valence-corrected chi connectivity index (χ1v) is 13.7. The fraction of sp³-hybridized carbons (Fsp3) is 0.333. The van der Waals surface area contributed by atoms with Crippen LogP contribution >= 0.6 is 15.9 Å². The molecule has 4 nitrogen and oxygen atoms in total. The maximum atomic E-state index is 12.9. The van der Waals surface area contributed by atoms with E-state index in [0.29, 0.717) is 23.9 Å². The highest BCUT2D eigenvalue weighted by atomic mass is 79.9. The largest absolute Gasteiger partial charge is 0.494 e. The number of sulfone groups is 1. The Morgan fingerprint density at radius 3 is 1.97 bits per heavy atom. The molecule has 2 atom stereocenters. The number of allylic oxidation sites excluding steroid dienone is 3. The Kier molecular flexibility index (Phi) is 9.39. The zero-order valence-electron chi connectivity index (χ0n) is 19.0. The molecule has 176 valence electrons. The molecule has 0 radical (unpaired) electrons. The number of alkyl halides is 1. The Morgan fingerprint density at radius 2 is 1.45 bits per heavy atom. The molecule has 2 aromatic rings. The van der Waals surface area contributed by atoms with E-state index in [1.807, 2.05) is 43.3 Å². The first-order chi connectivity index (χ1) is 15.9. The summed E-state index contributed by atoms with van der Waals surface area (Å²) in [7, 11) is -3.52. The van der Waals surface area contributed by atoms with E-state index in [4.69, 9.17) is 9.47 Å². The Hall–Kier alpha value is -2.31. The van der Waals surface area contributed by atoms with Gasteiger partial charge in [0.25, 0.3) is 0 Å². The summed E-state index contributed by atoms with van der Waals surface area (Å²) in [5.41, 5.74) is 1.08. The number of halogens is 1. The van der Waals surface area contributed by atoms with Crippen LogP contribution in [0.25, 0.3) is 6.08 Å². The predicted molar refractivity (Wildman–Crippen MR) is 139 cm³/mol. The van der Waals surface area contributed by atoms with Gasteiger partial charge in [0.15, 0.2) is 0 Å². The Balaban J connectivity index is 1.34. The van der Waals surface area contributed by atoms with E-state index in [2.05, 4.69) is 22.5 Å². The minimum Gasteiger partial charge on any atom is -0.494 e. The number of ether oxygens (including phenoxy) is 2.